The van der Waals surface area contributed by atoms with Crippen molar-refractivity contribution in [2.45, 2.75) is 57.0 Å². The van der Waals surface area contributed by atoms with Gasteiger partial charge in [0.15, 0.2) is 29.5 Å². The molecular formula is C16H30O10S3. The van der Waals surface area contributed by atoms with Gasteiger partial charge < -0.3 is 9.47 Å². The molecule has 172 valence electrons. The summed E-state index contributed by atoms with van der Waals surface area (Å²) in [7, 11) is -13.6. The Morgan fingerprint density at radius 1 is 0.931 bits per heavy atom. The molecule has 0 aliphatic carbocycles. The van der Waals surface area contributed by atoms with E-state index in [4.69, 9.17) is 9.47 Å². The van der Waals surface area contributed by atoms with Crippen LogP contribution in [0.1, 0.15) is 47.0 Å². The maximum absolute atomic E-state index is 12.2. The summed E-state index contributed by atoms with van der Waals surface area (Å²) >= 11 is 0. The molecule has 29 heavy (non-hydrogen) atoms. The van der Waals surface area contributed by atoms with Crippen LogP contribution < -0.4 is 0 Å². The van der Waals surface area contributed by atoms with Gasteiger partial charge in [0, 0.05) is 12.5 Å². The highest BCUT2D eigenvalue weighted by Gasteiger charge is 2.43. The zero-order chi connectivity index (χ0) is 23.3. The fourth-order valence-electron chi connectivity index (χ4n) is 2.19. The van der Waals surface area contributed by atoms with Crippen LogP contribution in [0.4, 0.5) is 0 Å². The maximum atomic E-state index is 12.2. The Hall–Kier alpha value is -1.21. The van der Waals surface area contributed by atoms with Crippen molar-refractivity contribution in [3.8, 4) is 0 Å². The normalized spacial score (nSPS) is 14.4. The molecule has 0 fully saturated rings. The molecule has 0 saturated heterocycles. The van der Waals surface area contributed by atoms with E-state index >= 15 is 0 Å². The molecular weight excluding hydrogens is 448 g/mol. The molecule has 0 bridgehead atoms. The Bertz CT molecular complexity index is 867. The van der Waals surface area contributed by atoms with Crippen molar-refractivity contribution >= 4 is 41.5 Å². The SMILES string of the molecule is CCC(CC(=O)OCCS(=O)(=O)C(S(C)(=O)=O)S(C)(=O)=O)OC(=O)C(C)(C)CC. The molecule has 0 N–H and O–H groups in total. The predicted octanol–water partition coefficient (Wildman–Crippen LogP) is 0.465. The number of carbonyl (C=O) groups is 2. The lowest BCUT2D eigenvalue weighted by atomic mass is 9.90. The molecule has 0 aliphatic rings. The Morgan fingerprint density at radius 3 is 1.79 bits per heavy atom. The van der Waals surface area contributed by atoms with Crippen molar-refractivity contribution in [1.29, 1.82) is 0 Å². The van der Waals surface area contributed by atoms with Crippen LogP contribution in [0.15, 0.2) is 0 Å². The smallest absolute Gasteiger partial charge is 0.311 e. The van der Waals surface area contributed by atoms with Gasteiger partial charge in [0.1, 0.15) is 12.7 Å². The quantitative estimate of drug-likeness (QED) is 0.361. The lowest BCUT2D eigenvalue weighted by Gasteiger charge is -2.24. The number of esters is 2. The van der Waals surface area contributed by atoms with Gasteiger partial charge in [-0.25, -0.2) is 25.3 Å². The van der Waals surface area contributed by atoms with Gasteiger partial charge in [-0.2, -0.15) is 0 Å². The molecule has 1 unspecified atom stereocenters. The fourth-order valence-corrected chi connectivity index (χ4v) is 10.1. The van der Waals surface area contributed by atoms with Gasteiger partial charge in [0.05, 0.1) is 17.6 Å². The van der Waals surface area contributed by atoms with Crippen LogP contribution in [0.5, 0.6) is 0 Å². The van der Waals surface area contributed by atoms with E-state index < -0.39 is 69.2 Å². The van der Waals surface area contributed by atoms with E-state index in [1.165, 1.54) is 0 Å². The number of sulfone groups is 3. The van der Waals surface area contributed by atoms with Crippen molar-refractivity contribution in [2.75, 3.05) is 24.9 Å². The monoisotopic (exact) mass is 478 g/mol. The zero-order valence-electron chi connectivity index (χ0n) is 17.5. The first-order valence-corrected chi connectivity index (χ1v) is 14.5. The molecule has 0 spiro atoms. The fraction of sp³-hybridized carbons (Fsp3) is 0.875. The van der Waals surface area contributed by atoms with E-state index in [0.717, 1.165) is 0 Å². The van der Waals surface area contributed by atoms with E-state index in [9.17, 15) is 34.8 Å². The third-order valence-electron chi connectivity index (χ3n) is 4.18. The van der Waals surface area contributed by atoms with Gasteiger partial charge >= 0.3 is 11.9 Å². The number of rotatable bonds is 12. The van der Waals surface area contributed by atoms with Crippen molar-refractivity contribution in [3.63, 3.8) is 0 Å². The van der Waals surface area contributed by atoms with Crippen LogP contribution in [-0.2, 0) is 48.6 Å². The molecule has 0 rings (SSSR count). The van der Waals surface area contributed by atoms with Gasteiger partial charge in [0.2, 0.25) is 0 Å². The van der Waals surface area contributed by atoms with Crippen LogP contribution in [0.3, 0.4) is 0 Å². The number of hydrogen-bond acceptors (Lipinski definition) is 10. The van der Waals surface area contributed by atoms with Gasteiger partial charge in [-0.15, -0.1) is 0 Å². The lowest BCUT2D eigenvalue weighted by Crippen LogP contribution is -2.39. The van der Waals surface area contributed by atoms with E-state index in [1.54, 1.807) is 20.8 Å². The Labute approximate surface area is 173 Å². The van der Waals surface area contributed by atoms with Crippen molar-refractivity contribution in [3.05, 3.63) is 0 Å². The summed E-state index contributed by atoms with van der Waals surface area (Å²) in [4.78, 5) is 24.0. The zero-order valence-corrected chi connectivity index (χ0v) is 19.9. The van der Waals surface area contributed by atoms with E-state index in [1.807, 2.05) is 6.92 Å². The molecule has 0 heterocycles. The first-order valence-electron chi connectivity index (χ1n) is 8.84. The highest BCUT2D eigenvalue weighted by molar-refractivity contribution is 8.23. The average Bonchev–Trinajstić information content (AvgIpc) is 2.50. The third kappa shape index (κ3) is 8.99. The number of hydrogen-bond donors (Lipinski definition) is 0. The summed E-state index contributed by atoms with van der Waals surface area (Å²) in [6.07, 6.45) is 0.775. The van der Waals surface area contributed by atoms with Crippen LogP contribution in [0.2, 0.25) is 0 Å². The molecule has 13 heteroatoms. The second-order valence-electron chi connectivity index (χ2n) is 7.41. The summed E-state index contributed by atoms with van der Waals surface area (Å²) < 4.78 is 78.1. The summed E-state index contributed by atoms with van der Waals surface area (Å²) in [5, 5.41) is 0. The Balaban J connectivity index is 4.96. The van der Waals surface area contributed by atoms with Gasteiger partial charge in [-0.1, -0.05) is 13.8 Å². The maximum Gasteiger partial charge on any atom is 0.311 e. The summed E-state index contributed by atoms with van der Waals surface area (Å²) in [6.45, 7) is 6.18. The molecule has 10 nitrogen and oxygen atoms in total. The molecule has 0 aromatic rings. The second-order valence-corrected chi connectivity index (χ2v) is 14.8. The second kappa shape index (κ2) is 10.2. The highest BCUT2D eigenvalue weighted by Crippen LogP contribution is 2.23. The largest absolute Gasteiger partial charge is 0.464 e. The molecule has 0 radical (unpaired) electrons. The van der Waals surface area contributed by atoms with E-state index in [0.29, 0.717) is 25.4 Å². The van der Waals surface area contributed by atoms with Crippen molar-refractivity contribution < 1.29 is 44.3 Å². The van der Waals surface area contributed by atoms with Crippen LogP contribution in [0.25, 0.3) is 0 Å². The van der Waals surface area contributed by atoms with Crippen LogP contribution in [-0.4, -0.2) is 72.1 Å². The van der Waals surface area contributed by atoms with E-state index in [2.05, 4.69) is 0 Å². The molecule has 0 aliphatic heterocycles. The molecule has 0 aromatic heterocycles. The number of ether oxygens (including phenoxy) is 2. The summed E-state index contributed by atoms with van der Waals surface area (Å²) in [5.74, 6) is -2.32. The van der Waals surface area contributed by atoms with Crippen LogP contribution in [0, 0.1) is 5.41 Å². The van der Waals surface area contributed by atoms with Gasteiger partial charge in [-0.05, 0) is 26.7 Å². The topological polar surface area (TPSA) is 155 Å². The van der Waals surface area contributed by atoms with Crippen molar-refractivity contribution in [2.24, 2.45) is 5.41 Å². The minimum atomic E-state index is -4.65. The lowest BCUT2D eigenvalue weighted by molar-refractivity contribution is -0.163. The minimum Gasteiger partial charge on any atom is -0.464 e. The first-order chi connectivity index (χ1) is 12.9. The first kappa shape index (κ1) is 27.8. The molecule has 0 saturated carbocycles. The summed E-state index contributed by atoms with van der Waals surface area (Å²) in [6, 6.07) is 0. The minimum absolute atomic E-state index is 0.316. The van der Waals surface area contributed by atoms with Crippen molar-refractivity contribution in [1.82, 2.24) is 0 Å². The predicted molar refractivity (Wildman–Crippen MR) is 107 cm³/mol. The standard InChI is InChI=1S/C16H30O10S3/c1-7-12(26-14(18)16(3,4)8-2)11-13(17)25-9-10-29(23,24)15(27(5,19)20)28(6,21)22/h12,15H,7-11H2,1-6H3. The molecule has 0 amide bonds. The Kier molecular flexibility index (Phi) is 9.78. The van der Waals surface area contributed by atoms with E-state index in [-0.39, 0.29) is 6.42 Å². The summed E-state index contributed by atoms with van der Waals surface area (Å²) in [5.41, 5.74) is -0.725. The Morgan fingerprint density at radius 2 is 1.41 bits per heavy atom. The molecule has 0 aromatic carbocycles. The molecule has 1 atom stereocenters. The van der Waals surface area contributed by atoms with Gasteiger partial charge in [-0.3, -0.25) is 9.59 Å². The van der Waals surface area contributed by atoms with Gasteiger partial charge in [0.25, 0.3) is 3.91 Å². The van der Waals surface area contributed by atoms with Crippen LogP contribution >= 0.6 is 0 Å². The third-order valence-corrected chi connectivity index (χ3v) is 12.9. The average molecular weight is 479 g/mol. The highest BCUT2D eigenvalue weighted by atomic mass is 32.3. The number of carbonyl (C=O) groups excluding carboxylic acids is 2.